The summed E-state index contributed by atoms with van der Waals surface area (Å²) in [6, 6.07) is 4.65. The zero-order valence-electron chi connectivity index (χ0n) is 26.8. The predicted octanol–water partition coefficient (Wildman–Crippen LogP) is 4.93. The molecule has 2 unspecified atom stereocenters. The molecule has 2 amide bonds. The minimum Gasteiger partial charge on any atom is -0.493 e. The second-order valence-corrected chi connectivity index (χ2v) is 12.3. The SMILES string of the molecule is CCCCOc1c(C)cc(C2CC(CCN3CCCC3=O)N(CC(=O)N(CCCC)CCCN(C)C)C2)cc1OC. The molecule has 2 aliphatic rings. The van der Waals surface area contributed by atoms with Crippen LogP contribution in [0, 0.1) is 6.92 Å². The van der Waals surface area contributed by atoms with Crippen LogP contribution in [0.1, 0.15) is 88.7 Å². The normalized spacial score (nSPS) is 19.4. The third-order valence-electron chi connectivity index (χ3n) is 8.64. The fourth-order valence-corrected chi connectivity index (χ4v) is 6.19. The highest BCUT2D eigenvalue weighted by atomic mass is 16.5. The van der Waals surface area contributed by atoms with Crippen molar-refractivity contribution in [1.82, 2.24) is 19.6 Å². The Hall–Kier alpha value is -2.32. The highest BCUT2D eigenvalue weighted by molar-refractivity contribution is 5.78. The van der Waals surface area contributed by atoms with Crippen LogP contribution in [-0.4, -0.2) is 111 Å². The molecule has 2 atom stereocenters. The van der Waals surface area contributed by atoms with Crippen LogP contribution in [0.5, 0.6) is 11.5 Å². The van der Waals surface area contributed by atoms with Gasteiger partial charge in [0.2, 0.25) is 11.8 Å². The molecule has 41 heavy (non-hydrogen) atoms. The first-order chi connectivity index (χ1) is 19.8. The van der Waals surface area contributed by atoms with Gasteiger partial charge in [-0.15, -0.1) is 0 Å². The maximum Gasteiger partial charge on any atom is 0.236 e. The molecule has 0 bridgehead atoms. The van der Waals surface area contributed by atoms with Gasteiger partial charge in [-0.1, -0.05) is 32.8 Å². The number of benzene rings is 1. The minimum absolute atomic E-state index is 0.230. The summed E-state index contributed by atoms with van der Waals surface area (Å²) in [5.74, 6) is 2.43. The summed E-state index contributed by atoms with van der Waals surface area (Å²) < 4.78 is 11.9. The lowest BCUT2D eigenvalue weighted by Gasteiger charge is -2.30. The molecule has 3 rings (SSSR count). The molecule has 0 N–H and O–H groups in total. The zero-order valence-corrected chi connectivity index (χ0v) is 26.8. The fourth-order valence-electron chi connectivity index (χ4n) is 6.19. The molecule has 0 radical (unpaired) electrons. The molecular formula is C33H56N4O4. The Labute approximate surface area is 249 Å². The smallest absolute Gasteiger partial charge is 0.236 e. The van der Waals surface area contributed by atoms with Crippen molar-refractivity contribution < 1.29 is 19.1 Å². The van der Waals surface area contributed by atoms with Gasteiger partial charge >= 0.3 is 0 Å². The number of rotatable bonds is 18. The molecule has 2 fully saturated rings. The van der Waals surface area contributed by atoms with Gasteiger partial charge in [-0.05, 0) is 89.2 Å². The number of carbonyl (C=O) groups excluding carboxylic acids is 2. The van der Waals surface area contributed by atoms with E-state index in [0.29, 0.717) is 25.5 Å². The quantitative estimate of drug-likeness (QED) is 0.232. The number of hydrogen-bond acceptors (Lipinski definition) is 6. The number of aryl methyl sites for hydroxylation is 1. The van der Waals surface area contributed by atoms with Crippen molar-refractivity contribution in [3.8, 4) is 11.5 Å². The molecule has 2 saturated heterocycles. The van der Waals surface area contributed by atoms with E-state index in [1.807, 2.05) is 4.90 Å². The maximum atomic E-state index is 13.7. The maximum absolute atomic E-state index is 13.7. The molecule has 2 heterocycles. The molecule has 1 aromatic carbocycles. The highest BCUT2D eigenvalue weighted by Crippen LogP contribution is 2.40. The van der Waals surface area contributed by atoms with Gasteiger partial charge in [0, 0.05) is 45.2 Å². The van der Waals surface area contributed by atoms with E-state index < -0.39 is 0 Å². The molecular weight excluding hydrogens is 516 g/mol. The fraction of sp³-hybridized carbons (Fsp3) is 0.758. The van der Waals surface area contributed by atoms with Crippen molar-refractivity contribution in [1.29, 1.82) is 0 Å². The van der Waals surface area contributed by atoms with E-state index in [1.54, 1.807) is 7.11 Å². The Morgan fingerprint density at radius 1 is 1.07 bits per heavy atom. The largest absolute Gasteiger partial charge is 0.493 e. The van der Waals surface area contributed by atoms with E-state index in [4.69, 9.17) is 9.47 Å². The minimum atomic E-state index is 0.230. The molecule has 0 aliphatic carbocycles. The lowest BCUT2D eigenvalue weighted by atomic mass is 9.93. The summed E-state index contributed by atoms with van der Waals surface area (Å²) in [7, 11) is 5.87. The first-order valence-electron chi connectivity index (χ1n) is 16.0. The Kier molecular flexibility index (Phi) is 13.7. The first kappa shape index (κ1) is 33.2. The van der Waals surface area contributed by atoms with Crippen molar-refractivity contribution in [3.63, 3.8) is 0 Å². The molecule has 0 aromatic heterocycles. The number of hydrogen-bond donors (Lipinski definition) is 0. The van der Waals surface area contributed by atoms with Crippen LogP contribution in [0.2, 0.25) is 0 Å². The van der Waals surface area contributed by atoms with Gasteiger partial charge in [-0.3, -0.25) is 14.5 Å². The first-order valence-corrected chi connectivity index (χ1v) is 16.0. The second kappa shape index (κ2) is 17.0. The zero-order chi connectivity index (χ0) is 29.8. The van der Waals surface area contributed by atoms with E-state index in [2.05, 4.69) is 61.7 Å². The van der Waals surface area contributed by atoms with Crippen LogP contribution < -0.4 is 9.47 Å². The Morgan fingerprint density at radius 2 is 1.83 bits per heavy atom. The molecule has 2 aliphatic heterocycles. The average Bonchev–Trinajstić information content (AvgIpc) is 3.55. The van der Waals surface area contributed by atoms with Gasteiger partial charge in [0.1, 0.15) is 0 Å². The van der Waals surface area contributed by atoms with Gasteiger partial charge in [-0.25, -0.2) is 0 Å². The Morgan fingerprint density at radius 3 is 2.49 bits per heavy atom. The molecule has 0 spiro atoms. The summed E-state index contributed by atoms with van der Waals surface area (Å²) in [5.41, 5.74) is 2.34. The third kappa shape index (κ3) is 9.88. The van der Waals surface area contributed by atoms with Crippen LogP contribution >= 0.6 is 0 Å². The number of ether oxygens (including phenoxy) is 2. The summed E-state index contributed by atoms with van der Waals surface area (Å²) in [5, 5.41) is 0. The average molecular weight is 573 g/mol. The molecule has 1 aromatic rings. The van der Waals surface area contributed by atoms with E-state index in [0.717, 1.165) is 108 Å². The summed E-state index contributed by atoms with van der Waals surface area (Å²) in [4.78, 5) is 34.7. The monoisotopic (exact) mass is 572 g/mol. The van der Waals surface area contributed by atoms with Gasteiger partial charge < -0.3 is 24.2 Å². The van der Waals surface area contributed by atoms with Crippen LogP contribution in [0.15, 0.2) is 12.1 Å². The molecule has 8 heteroatoms. The second-order valence-electron chi connectivity index (χ2n) is 12.3. The van der Waals surface area contributed by atoms with Crippen LogP contribution in [-0.2, 0) is 9.59 Å². The predicted molar refractivity (Wildman–Crippen MR) is 166 cm³/mol. The van der Waals surface area contributed by atoms with Gasteiger partial charge in [-0.2, -0.15) is 0 Å². The van der Waals surface area contributed by atoms with Gasteiger partial charge in [0.25, 0.3) is 0 Å². The van der Waals surface area contributed by atoms with Crippen LogP contribution in [0.25, 0.3) is 0 Å². The summed E-state index contributed by atoms with van der Waals surface area (Å²) in [6.07, 6.45) is 8.70. The topological polar surface area (TPSA) is 65.6 Å². The number of methoxy groups -OCH3 is 1. The van der Waals surface area contributed by atoms with E-state index in [1.165, 1.54) is 5.56 Å². The molecule has 8 nitrogen and oxygen atoms in total. The lowest BCUT2D eigenvalue weighted by molar-refractivity contribution is -0.133. The Balaban J connectivity index is 1.76. The van der Waals surface area contributed by atoms with Crippen molar-refractivity contribution in [2.24, 2.45) is 0 Å². The number of unbranched alkanes of at least 4 members (excludes halogenated alkanes) is 2. The Bertz CT molecular complexity index is 969. The van der Waals surface area contributed by atoms with Crippen molar-refractivity contribution in [3.05, 3.63) is 23.3 Å². The number of carbonyl (C=O) groups is 2. The number of amides is 2. The third-order valence-corrected chi connectivity index (χ3v) is 8.64. The summed E-state index contributed by atoms with van der Waals surface area (Å²) >= 11 is 0. The van der Waals surface area contributed by atoms with Crippen molar-refractivity contribution in [2.75, 3.05) is 73.6 Å². The van der Waals surface area contributed by atoms with Crippen LogP contribution in [0.4, 0.5) is 0 Å². The highest BCUT2D eigenvalue weighted by Gasteiger charge is 2.36. The van der Waals surface area contributed by atoms with Crippen molar-refractivity contribution >= 4 is 11.8 Å². The van der Waals surface area contributed by atoms with Gasteiger partial charge in [0.05, 0.1) is 20.3 Å². The number of likely N-dealkylation sites (tertiary alicyclic amines) is 2. The van der Waals surface area contributed by atoms with Gasteiger partial charge in [0.15, 0.2) is 11.5 Å². The van der Waals surface area contributed by atoms with Crippen molar-refractivity contribution in [2.45, 2.75) is 90.5 Å². The molecule has 0 saturated carbocycles. The van der Waals surface area contributed by atoms with E-state index in [9.17, 15) is 9.59 Å². The van der Waals surface area contributed by atoms with Crippen LogP contribution in [0.3, 0.4) is 0 Å². The molecule has 232 valence electrons. The lowest BCUT2D eigenvalue weighted by Crippen LogP contribution is -2.44. The van der Waals surface area contributed by atoms with E-state index in [-0.39, 0.29) is 17.9 Å². The van der Waals surface area contributed by atoms with E-state index >= 15 is 0 Å². The summed E-state index contributed by atoms with van der Waals surface area (Å²) in [6.45, 7) is 12.6. The number of nitrogens with zero attached hydrogens (tertiary/aromatic N) is 4. The standard InChI is InChI=1S/C33H56N4O4/c1-7-9-16-35(18-12-15-34(4)5)32(39)25-37-24-28(22-29(37)14-19-36-17-11-13-31(36)38)27-21-26(3)33(30(23-27)40-6)41-20-10-8-2/h21,23,28-29H,7-20,22,24-25H2,1-6H3.